The van der Waals surface area contributed by atoms with Crippen molar-refractivity contribution in [2.75, 3.05) is 39.5 Å². The largest absolute Gasteiger partial charge is 0.381 e. The van der Waals surface area contributed by atoms with Crippen LogP contribution in [0.3, 0.4) is 0 Å². The first kappa shape index (κ1) is 21.4. The molecule has 1 N–H and O–H groups in total. The van der Waals surface area contributed by atoms with E-state index in [1.54, 1.807) is 0 Å². The molecule has 1 unspecified atom stereocenters. The quantitative estimate of drug-likeness (QED) is 0.648. The van der Waals surface area contributed by atoms with Crippen molar-refractivity contribution < 1.29 is 14.3 Å². The molecular weight excluding hydrogens is 426 g/mol. The normalized spacial score (nSPS) is 21.4. The SMILES string of the molecule is O=C(N1CCOCC(Cc2ccc3[nH]ncc3c2)C1)C1(c2ccc(Cl)cc2)CCOCC1. The van der Waals surface area contributed by atoms with Gasteiger partial charge in [-0.05, 0) is 54.7 Å². The molecule has 0 bridgehead atoms. The van der Waals surface area contributed by atoms with E-state index in [-0.39, 0.29) is 11.8 Å². The number of fused-ring (bicyclic) bond motifs is 1. The maximum absolute atomic E-state index is 14.0. The number of nitrogens with one attached hydrogen (secondary N) is 1. The highest BCUT2D eigenvalue weighted by Crippen LogP contribution is 2.38. The molecule has 168 valence electrons. The zero-order valence-electron chi connectivity index (χ0n) is 18.1. The standard InChI is InChI=1S/C25H28ClN3O3/c26-22-4-2-21(3-5-22)25(7-10-31-11-8-25)24(30)29-9-12-32-17-19(16-29)13-18-1-6-23-20(14-18)15-27-28-23/h1-6,14-15,19H,7-13,16-17H2,(H,27,28). The topological polar surface area (TPSA) is 67.5 Å². The van der Waals surface area contributed by atoms with Crippen molar-refractivity contribution in [2.45, 2.75) is 24.7 Å². The van der Waals surface area contributed by atoms with Gasteiger partial charge in [-0.25, -0.2) is 0 Å². The molecule has 6 nitrogen and oxygen atoms in total. The van der Waals surface area contributed by atoms with Gasteiger partial charge in [-0.15, -0.1) is 0 Å². The fraction of sp³-hybridized carbons (Fsp3) is 0.440. The van der Waals surface area contributed by atoms with Gasteiger partial charge < -0.3 is 14.4 Å². The van der Waals surface area contributed by atoms with E-state index in [0.717, 1.165) is 22.9 Å². The lowest BCUT2D eigenvalue weighted by Crippen LogP contribution is -2.51. The predicted octanol–water partition coefficient (Wildman–Crippen LogP) is 3.98. The van der Waals surface area contributed by atoms with E-state index in [1.807, 2.05) is 35.4 Å². The molecule has 1 aromatic heterocycles. The number of H-pyrrole nitrogens is 1. The van der Waals surface area contributed by atoms with Gasteiger partial charge in [0.1, 0.15) is 0 Å². The molecule has 2 fully saturated rings. The van der Waals surface area contributed by atoms with Crippen molar-refractivity contribution in [3.63, 3.8) is 0 Å². The first-order chi connectivity index (χ1) is 15.6. The predicted molar refractivity (Wildman–Crippen MR) is 124 cm³/mol. The van der Waals surface area contributed by atoms with Gasteiger partial charge >= 0.3 is 0 Å². The number of hydrogen-bond donors (Lipinski definition) is 1. The summed E-state index contributed by atoms with van der Waals surface area (Å²) in [5.74, 6) is 0.428. The minimum Gasteiger partial charge on any atom is -0.381 e. The van der Waals surface area contributed by atoms with Crippen LogP contribution in [0, 0.1) is 5.92 Å². The summed E-state index contributed by atoms with van der Waals surface area (Å²) in [5.41, 5.74) is 2.74. The summed E-state index contributed by atoms with van der Waals surface area (Å²) < 4.78 is 11.6. The van der Waals surface area contributed by atoms with Crippen LogP contribution < -0.4 is 0 Å². The van der Waals surface area contributed by atoms with E-state index in [4.69, 9.17) is 21.1 Å². The van der Waals surface area contributed by atoms with E-state index < -0.39 is 5.41 Å². The van der Waals surface area contributed by atoms with Gasteiger partial charge in [0, 0.05) is 42.6 Å². The molecule has 5 rings (SSSR count). The van der Waals surface area contributed by atoms with E-state index in [2.05, 4.69) is 28.4 Å². The van der Waals surface area contributed by atoms with Crippen molar-refractivity contribution in [1.29, 1.82) is 0 Å². The van der Waals surface area contributed by atoms with Crippen LogP contribution in [0.1, 0.15) is 24.0 Å². The number of nitrogens with zero attached hydrogens (tertiary/aromatic N) is 2. The Hall–Kier alpha value is -2.41. The molecule has 0 radical (unpaired) electrons. The third kappa shape index (κ3) is 4.27. The number of benzene rings is 2. The number of carbonyl (C=O) groups excluding carboxylic acids is 1. The zero-order chi connectivity index (χ0) is 22.0. The van der Waals surface area contributed by atoms with Gasteiger partial charge in [-0.2, -0.15) is 5.10 Å². The van der Waals surface area contributed by atoms with Crippen molar-refractivity contribution >= 4 is 28.4 Å². The first-order valence-corrected chi connectivity index (χ1v) is 11.6. The summed E-state index contributed by atoms with van der Waals surface area (Å²) in [5, 5.41) is 8.89. The van der Waals surface area contributed by atoms with Gasteiger partial charge in [0.2, 0.25) is 5.91 Å². The van der Waals surface area contributed by atoms with E-state index >= 15 is 0 Å². The lowest BCUT2D eigenvalue weighted by Gasteiger charge is -2.40. The fourth-order valence-electron chi connectivity index (χ4n) is 5.06. The Bertz CT molecular complexity index is 1080. The average molecular weight is 454 g/mol. The Morgan fingerprint density at radius 2 is 1.94 bits per heavy atom. The maximum atomic E-state index is 14.0. The van der Waals surface area contributed by atoms with Gasteiger partial charge in [0.15, 0.2) is 0 Å². The molecule has 2 aliphatic rings. The molecule has 7 heteroatoms. The number of hydrogen-bond acceptors (Lipinski definition) is 4. The molecule has 3 heterocycles. The summed E-state index contributed by atoms with van der Waals surface area (Å²) in [6.07, 6.45) is 4.08. The molecule has 1 atom stereocenters. The summed E-state index contributed by atoms with van der Waals surface area (Å²) in [7, 11) is 0. The second kappa shape index (κ2) is 9.22. The van der Waals surface area contributed by atoms with Crippen LogP contribution in [0.25, 0.3) is 10.9 Å². The fourth-order valence-corrected chi connectivity index (χ4v) is 5.18. The third-order valence-electron chi connectivity index (χ3n) is 6.81. The minimum atomic E-state index is -0.562. The van der Waals surface area contributed by atoms with Crippen LogP contribution in [0.5, 0.6) is 0 Å². The Balaban J connectivity index is 1.37. The summed E-state index contributed by atoms with van der Waals surface area (Å²) in [6, 6.07) is 14.1. The monoisotopic (exact) mass is 453 g/mol. The van der Waals surface area contributed by atoms with Gasteiger partial charge in [-0.3, -0.25) is 9.89 Å². The second-order valence-corrected chi connectivity index (χ2v) is 9.33. The molecular formula is C25H28ClN3O3. The molecule has 2 aromatic carbocycles. The number of aromatic nitrogens is 2. The zero-order valence-corrected chi connectivity index (χ0v) is 18.8. The number of rotatable bonds is 4. The summed E-state index contributed by atoms with van der Waals surface area (Å²) in [6.45, 7) is 3.71. The first-order valence-electron chi connectivity index (χ1n) is 11.3. The Labute approximate surface area is 192 Å². The number of amides is 1. The van der Waals surface area contributed by atoms with Gasteiger partial charge in [0.05, 0.1) is 30.3 Å². The lowest BCUT2D eigenvalue weighted by molar-refractivity contribution is -0.141. The maximum Gasteiger partial charge on any atom is 0.233 e. The highest BCUT2D eigenvalue weighted by atomic mass is 35.5. The molecule has 2 saturated heterocycles. The highest BCUT2D eigenvalue weighted by Gasteiger charge is 2.44. The smallest absolute Gasteiger partial charge is 0.233 e. The van der Waals surface area contributed by atoms with E-state index in [9.17, 15) is 4.79 Å². The Morgan fingerprint density at radius 1 is 1.12 bits per heavy atom. The lowest BCUT2D eigenvalue weighted by atomic mass is 9.73. The number of halogens is 1. The molecule has 0 saturated carbocycles. The van der Waals surface area contributed by atoms with Crippen molar-refractivity contribution in [3.8, 4) is 0 Å². The van der Waals surface area contributed by atoms with Crippen LogP contribution in [0.2, 0.25) is 5.02 Å². The molecule has 32 heavy (non-hydrogen) atoms. The van der Waals surface area contributed by atoms with Gasteiger partial charge in [-0.1, -0.05) is 29.8 Å². The van der Waals surface area contributed by atoms with Gasteiger partial charge in [0.25, 0.3) is 0 Å². The number of aromatic amines is 1. The van der Waals surface area contributed by atoms with Crippen LogP contribution in [-0.4, -0.2) is 60.5 Å². The summed E-state index contributed by atoms with van der Waals surface area (Å²) >= 11 is 6.13. The summed E-state index contributed by atoms with van der Waals surface area (Å²) in [4.78, 5) is 16.0. The molecule has 2 aliphatic heterocycles. The molecule has 3 aromatic rings. The van der Waals surface area contributed by atoms with Crippen molar-refractivity contribution in [1.82, 2.24) is 15.1 Å². The minimum absolute atomic E-state index is 0.184. The number of ether oxygens (including phenoxy) is 2. The Kier molecular flexibility index (Phi) is 6.17. The highest BCUT2D eigenvalue weighted by molar-refractivity contribution is 6.30. The van der Waals surface area contributed by atoms with Crippen LogP contribution in [0.4, 0.5) is 0 Å². The third-order valence-corrected chi connectivity index (χ3v) is 7.06. The molecule has 0 aliphatic carbocycles. The van der Waals surface area contributed by atoms with Crippen LogP contribution >= 0.6 is 11.6 Å². The van der Waals surface area contributed by atoms with Crippen molar-refractivity contribution in [3.05, 3.63) is 64.8 Å². The Morgan fingerprint density at radius 3 is 2.75 bits per heavy atom. The molecule has 0 spiro atoms. The second-order valence-electron chi connectivity index (χ2n) is 8.89. The van der Waals surface area contributed by atoms with E-state index in [0.29, 0.717) is 57.4 Å². The van der Waals surface area contributed by atoms with Crippen LogP contribution in [-0.2, 0) is 26.1 Å². The van der Waals surface area contributed by atoms with E-state index in [1.165, 1.54) is 5.56 Å². The number of carbonyl (C=O) groups is 1. The van der Waals surface area contributed by atoms with Crippen LogP contribution in [0.15, 0.2) is 48.7 Å². The van der Waals surface area contributed by atoms with Crippen molar-refractivity contribution in [2.24, 2.45) is 5.92 Å². The molecule has 1 amide bonds. The average Bonchev–Trinajstić information content (AvgIpc) is 3.17.